The highest BCUT2D eigenvalue weighted by atomic mass is 19.4. The number of carbonyl (C=O) groups excluding carboxylic acids is 1. The summed E-state index contributed by atoms with van der Waals surface area (Å²) in [5.74, 6) is -1.24. The topological polar surface area (TPSA) is 70.7 Å². The third kappa shape index (κ3) is 4.29. The summed E-state index contributed by atoms with van der Waals surface area (Å²) in [6.07, 6.45) is -1.57. The predicted octanol–water partition coefficient (Wildman–Crippen LogP) is 4.72. The van der Waals surface area contributed by atoms with E-state index in [-0.39, 0.29) is 11.5 Å². The first kappa shape index (κ1) is 19.6. The zero-order valence-electron chi connectivity index (χ0n) is 15.3. The molecule has 3 heterocycles. The van der Waals surface area contributed by atoms with Crippen molar-refractivity contribution in [2.24, 2.45) is 0 Å². The number of aromatic nitrogens is 3. The van der Waals surface area contributed by atoms with E-state index in [0.29, 0.717) is 16.8 Å². The van der Waals surface area contributed by atoms with Crippen LogP contribution in [0.1, 0.15) is 10.5 Å². The molecule has 0 saturated heterocycles. The van der Waals surface area contributed by atoms with Crippen molar-refractivity contribution in [3.05, 3.63) is 72.4 Å². The summed E-state index contributed by atoms with van der Waals surface area (Å²) >= 11 is 0. The first-order valence-electron chi connectivity index (χ1n) is 8.84. The number of benzene rings is 1. The fraction of sp³-hybridized carbons (Fsp3) is 0.0952. The molecule has 2 N–H and O–H groups in total. The average molecular weight is 414 g/mol. The van der Waals surface area contributed by atoms with Crippen LogP contribution in [0.2, 0.25) is 0 Å². The quantitative estimate of drug-likeness (QED) is 0.475. The molecule has 152 valence electrons. The van der Waals surface area contributed by atoms with E-state index in [1.165, 1.54) is 24.4 Å². The third-order valence-corrected chi connectivity index (χ3v) is 4.40. The second kappa shape index (κ2) is 7.58. The molecule has 0 aliphatic rings. The van der Waals surface area contributed by atoms with Crippen LogP contribution in [0.3, 0.4) is 0 Å². The maximum Gasteiger partial charge on any atom is 0.405 e. The Morgan fingerprint density at radius 1 is 0.967 bits per heavy atom. The third-order valence-electron chi connectivity index (χ3n) is 4.40. The van der Waals surface area contributed by atoms with Crippen LogP contribution in [0.15, 0.2) is 60.9 Å². The Bertz CT molecular complexity index is 1220. The molecule has 4 aromatic rings. The van der Waals surface area contributed by atoms with Gasteiger partial charge >= 0.3 is 6.18 Å². The SMILES string of the molecule is O=C(NCC(F)(F)F)c1cc(-c2cnc3[nH]c(-c4ccc(F)cc4)cc3c2)ccn1. The summed E-state index contributed by atoms with van der Waals surface area (Å²) in [6, 6.07) is 12.8. The number of hydrogen-bond donors (Lipinski definition) is 2. The molecule has 0 aliphatic heterocycles. The Kier molecular flexibility index (Phi) is 4.94. The van der Waals surface area contributed by atoms with E-state index in [0.717, 1.165) is 16.6 Å². The van der Waals surface area contributed by atoms with Crippen molar-refractivity contribution in [1.82, 2.24) is 20.3 Å². The standard InChI is InChI=1S/C21H14F4N4O/c22-16-3-1-12(2-4-16)17-9-14-7-15(10-27-19(14)29-17)13-5-6-26-18(8-13)20(30)28-11-21(23,24)25/h1-10H,11H2,(H,27,29)(H,28,30). The number of halogens is 4. The number of alkyl halides is 3. The molecule has 0 saturated carbocycles. The lowest BCUT2D eigenvalue weighted by Gasteiger charge is -2.08. The van der Waals surface area contributed by atoms with Gasteiger partial charge in [0.15, 0.2) is 0 Å². The number of rotatable bonds is 4. The summed E-state index contributed by atoms with van der Waals surface area (Å²) in [5.41, 5.74) is 3.30. The van der Waals surface area contributed by atoms with E-state index < -0.39 is 18.6 Å². The Morgan fingerprint density at radius 2 is 1.73 bits per heavy atom. The highest BCUT2D eigenvalue weighted by Crippen LogP contribution is 2.27. The lowest BCUT2D eigenvalue weighted by Crippen LogP contribution is -2.34. The number of nitrogens with one attached hydrogen (secondary N) is 2. The van der Waals surface area contributed by atoms with Crippen molar-refractivity contribution in [3.8, 4) is 22.4 Å². The Labute approximate surface area is 167 Å². The van der Waals surface area contributed by atoms with Crippen molar-refractivity contribution < 1.29 is 22.4 Å². The van der Waals surface area contributed by atoms with Crippen LogP contribution in [-0.4, -0.2) is 33.6 Å². The van der Waals surface area contributed by atoms with Gasteiger partial charge in [-0.1, -0.05) is 0 Å². The van der Waals surface area contributed by atoms with E-state index >= 15 is 0 Å². The summed E-state index contributed by atoms with van der Waals surface area (Å²) in [4.78, 5) is 23.3. The molecule has 4 rings (SSSR count). The second-order valence-corrected chi connectivity index (χ2v) is 6.58. The highest BCUT2D eigenvalue weighted by Gasteiger charge is 2.28. The molecule has 3 aromatic heterocycles. The first-order chi connectivity index (χ1) is 14.3. The molecule has 30 heavy (non-hydrogen) atoms. The van der Waals surface area contributed by atoms with E-state index in [4.69, 9.17) is 0 Å². The second-order valence-electron chi connectivity index (χ2n) is 6.58. The molecule has 0 unspecified atom stereocenters. The van der Waals surface area contributed by atoms with Crippen molar-refractivity contribution in [2.45, 2.75) is 6.18 Å². The Morgan fingerprint density at radius 3 is 2.47 bits per heavy atom. The maximum atomic E-state index is 13.1. The van der Waals surface area contributed by atoms with E-state index in [2.05, 4.69) is 15.0 Å². The number of nitrogens with zero attached hydrogens (tertiary/aromatic N) is 2. The summed E-state index contributed by atoms with van der Waals surface area (Å²) in [6.45, 7) is -1.43. The van der Waals surface area contributed by atoms with Gasteiger partial charge in [-0.3, -0.25) is 9.78 Å². The molecule has 0 fully saturated rings. The molecule has 0 radical (unpaired) electrons. The maximum absolute atomic E-state index is 13.1. The van der Waals surface area contributed by atoms with Gasteiger partial charge in [-0.2, -0.15) is 13.2 Å². The fourth-order valence-electron chi connectivity index (χ4n) is 2.96. The smallest absolute Gasteiger partial charge is 0.342 e. The van der Waals surface area contributed by atoms with Crippen molar-refractivity contribution in [1.29, 1.82) is 0 Å². The zero-order chi connectivity index (χ0) is 21.3. The van der Waals surface area contributed by atoms with Crippen molar-refractivity contribution >= 4 is 16.9 Å². The zero-order valence-corrected chi connectivity index (χ0v) is 15.3. The molecule has 0 aliphatic carbocycles. The number of aromatic amines is 1. The molecule has 0 spiro atoms. The number of fused-ring (bicyclic) bond motifs is 1. The van der Waals surface area contributed by atoms with E-state index in [9.17, 15) is 22.4 Å². The van der Waals surface area contributed by atoms with Crippen LogP contribution in [0.4, 0.5) is 17.6 Å². The minimum atomic E-state index is -4.50. The number of carbonyl (C=O) groups is 1. The molecule has 1 aromatic carbocycles. The van der Waals surface area contributed by atoms with Gasteiger partial charge in [0, 0.05) is 29.0 Å². The molecule has 0 bridgehead atoms. The minimum absolute atomic E-state index is 0.127. The predicted molar refractivity (Wildman–Crippen MR) is 103 cm³/mol. The summed E-state index contributed by atoms with van der Waals surface area (Å²) < 4.78 is 50.0. The van der Waals surface area contributed by atoms with Crippen LogP contribution in [0.5, 0.6) is 0 Å². The van der Waals surface area contributed by atoms with Gasteiger partial charge in [0.1, 0.15) is 23.7 Å². The number of hydrogen-bond acceptors (Lipinski definition) is 3. The van der Waals surface area contributed by atoms with Gasteiger partial charge in [0.25, 0.3) is 5.91 Å². The van der Waals surface area contributed by atoms with E-state index in [1.807, 2.05) is 12.1 Å². The normalized spacial score (nSPS) is 11.6. The lowest BCUT2D eigenvalue weighted by molar-refractivity contribution is -0.123. The molecule has 5 nitrogen and oxygen atoms in total. The monoisotopic (exact) mass is 414 g/mol. The van der Waals surface area contributed by atoms with Crippen LogP contribution in [0.25, 0.3) is 33.4 Å². The molecular weight excluding hydrogens is 400 g/mol. The van der Waals surface area contributed by atoms with Crippen LogP contribution >= 0.6 is 0 Å². The lowest BCUT2D eigenvalue weighted by atomic mass is 10.1. The van der Waals surface area contributed by atoms with Gasteiger partial charge in [-0.25, -0.2) is 9.37 Å². The first-order valence-corrected chi connectivity index (χ1v) is 8.84. The van der Waals surface area contributed by atoms with Gasteiger partial charge in [-0.05, 0) is 59.7 Å². The van der Waals surface area contributed by atoms with E-state index in [1.54, 1.807) is 29.7 Å². The molecule has 0 atom stereocenters. The Balaban J connectivity index is 1.62. The van der Waals surface area contributed by atoms with Gasteiger partial charge in [0.2, 0.25) is 0 Å². The van der Waals surface area contributed by atoms with Crippen molar-refractivity contribution in [2.75, 3.05) is 6.54 Å². The average Bonchev–Trinajstić information content (AvgIpc) is 3.15. The van der Waals surface area contributed by atoms with Crippen molar-refractivity contribution in [3.63, 3.8) is 0 Å². The Hall–Kier alpha value is -3.75. The van der Waals surface area contributed by atoms with Gasteiger partial charge in [-0.15, -0.1) is 0 Å². The molecule has 1 amide bonds. The number of H-pyrrole nitrogens is 1. The number of amides is 1. The molecule has 9 heteroatoms. The fourth-order valence-corrected chi connectivity index (χ4v) is 2.96. The molecular formula is C21H14F4N4O. The number of pyridine rings is 2. The summed E-state index contributed by atoms with van der Waals surface area (Å²) in [5, 5.41) is 2.58. The van der Waals surface area contributed by atoms with Gasteiger partial charge in [0.05, 0.1) is 0 Å². The van der Waals surface area contributed by atoms with Crippen LogP contribution in [0, 0.1) is 5.82 Å². The van der Waals surface area contributed by atoms with Crippen LogP contribution < -0.4 is 5.32 Å². The van der Waals surface area contributed by atoms with Gasteiger partial charge < -0.3 is 10.3 Å². The largest absolute Gasteiger partial charge is 0.405 e. The summed E-state index contributed by atoms with van der Waals surface area (Å²) in [7, 11) is 0. The van der Waals surface area contributed by atoms with Crippen LogP contribution in [-0.2, 0) is 0 Å². The highest BCUT2D eigenvalue weighted by molar-refractivity contribution is 5.94. The minimum Gasteiger partial charge on any atom is -0.342 e.